The van der Waals surface area contributed by atoms with Crippen molar-refractivity contribution >= 4 is 39.1 Å². The lowest BCUT2D eigenvalue weighted by atomic mass is 10.1. The third kappa shape index (κ3) is 7.76. The van der Waals surface area contributed by atoms with Crippen LogP contribution in [0.25, 0.3) is 0 Å². The van der Waals surface area contributed by atoms with Crippen LogP contribution in [0.15, 0.2) is 83.8 Å². The van der Waals surface area contributed by atoms with Crippen molar-refractivity contribution < 1.29 is 22.7 Å². The van der Waals surface area contributed by atoms with Gasteiger partial charge in [-0.2, -0.15) is 0 Å². The van der Waals surface area contributed by atoms with E-state index in [4.69, 9.17) is 16.3 Å². The summed E-state index contributed by atoms with van der Waals surface area (Å²) < 4.78 is 33.9. The lowest BCUT2D eigenvalue weighted by Crippen LogP contribution is -2.53. The van der Waals surface area contributed by atoms with Gasteiger partial charge in [-0.25, -0.2) is 8.42 Å². The van der Waals surface area contributed by atoms with Crippen molar-refractivity contribution in [3.05, 3.63) is 89.4 Å². The van der Waals surface area contributed by atoms with Crippen LogP contribution >= 0.6 is 11.6 Å². The number of ether oxygens (including phenoxy) is 1. The molecular formula is C30H36ClN3O5S. The fourth-order valence-electron chi connectivity index (χ4n) is 4.15. The number of hydrogen-bond donors (Lipinski definition) is 1. The Morgan fingerprint density at radius 1 is 0.925 bits per heavy atom. The van der Waals surface area contributed by atoms with E-state index in [9.17, 15) is 18.0 Å². The minimum Gasteiger partial charge on any atom is -0.497 e. The average Bonchev–Trinajstić information content (AvgIpc) is 2.96. The van der Waals surface area contributed by atoms with E-state index < -0.39 is 28.5 Å². The Bertz CT molecular complexity index is 1370. The van der Waals surface area contributed by atoms with Gasteiger partial charge in [0.25, 0.3) is 10.0 Å². The van der Waals surface area contributed by atoms with Crippen LogP contribution in [0.4, 0.5) is 5.69 Å². The Kier molecular flexibility index (Phi) is 11.0. The number of anilines is 1. The molecule has 8 nitrogen and oxygen atoms in total. The molecule has 0 aliphatic heterocycles. The molecule has 10 heteroatoms. The zero-order chi connectivity index (χ0) is 29.3. The molecule has 3 aromatic carbocycles. The van der Waals surface area contributed by atoms with Gasteiger partial charge in [0.15, 0.2) is 0 Å². The van der Waals surface area contributed by atoms with E-state index in [1.807, 2.05) is 32.9 Å². The zero-order valence-corrected chi connectivity index (χ0v) is 24.8. The van der Waals surface area contributed by atoms with E-state index in [0.29, 0.717) is 22.9 Å². The molecule has 0 fully saturated rings. The Morgan fingerprint density at radius 3 is 2.10 bits per heavy atom. The van der Waals surface area contributed by atoms with Crippen LogP contribution in [0.1, 0.15) is 39.2 Å². The van der Waals surface area contributed by atoms with Crippen molar-refractivity contribution in [1.82, 2.24) is 10.2 Å². The first-order valence-corrected chi connectivity index (χ1v) is 15.0. The second-order valence-electron chi connectivity index (χ2n) is 9.41. The lowest BCUT2D eigenvalue weighted by Gasteiger charge is -2.33. The largest absolute Gasteiger partial charge is 0.497 e. The van der Waals surface area contributed by atoms with Crippen LogP contribution in [-0.2, 0) is 26.2 Å². The summed E-state index contributed by atoms with van der Waals surface area (Å²) in [5, 5.41) is 3.36. The highest BCUT2D eigenvalue weighted by atomic mass is 35.5. The fourth-order valence-corrected chi connectivity index (χ4v) is 5.69. The highest BCUT2D eigenvalue weighted by molar-refractivity contribution is 7.92. The Hall–Kier alpha value is -3.56. The van der Waals surface area contributed by atoms with Gasteiger partial charge in [0, 0.05) is 17.6 Å². The molecule has 3 rings (SSSR count). The molecule has 0 heterocycles. The summed E-state index contributed by atoms with van der Waals surface area (Å²) in [5.41, 5.74) is 1.10. The normalized spacial score (nSPS) is 12.7. The highest BCUT2D eigenvalue weighted by Crippen LogP contribution is 2.26. The number of benzene rings is 3. The maximum Gasteiger partial charge on any atom is 0.264 e. The molecule has 2 atom stereocenters. The highest BCUT2D eigenvalue weighted by Gasteiger charge is 2.34. The molecule has 0 aliphatic rings. The third-order valence-electron chi connectivity index (χ3n) is 6.62. The van der Waals surface area contributed by atoms with Gasteiger partial charge in [0.2, 0.25) is 11.8 Å². The molecule has 0 bridgehead atoms. The molecule has 0 saturated heterocycles. The van der Waals surface area contributed by atoms with Gasteiger partial charge in [0.1, 0.15) is 18.3 Å². The van der Waals surface area contributed by atoms with E-state index in [1.54, 1.807) is 49.6 Å². The van der Waals surface area contributed by atoms with Crippen molar-refractivity contribution in [2.75, 3.05) is 18.0 Å². The van der Waals surface area contributed by atoms with Gasteiger partial charge in [-0.1, -0.05) is 55.8 Å². The molecule has 0 spiro atoms. The van der Waals surface area contributed by atoms with E-state index in [1.165, 1.54) is 29.2 Å². The quantitative estimate of drug-likeness (QED) is 0.295. The number of nitrogens with zero attached hydrogens (tertiary/aromatic N) is 2. The molecule has 0 aliphatic carbocycles. The monoisotopic (exact) mass is 585 g/mol. The first-order valence-electron chi connectivity index (χ1n) is 13.2. The third-order valence-corrected chi connectivity index (χ3v) is 8.66. The van der Waals surface area contributed by atoms with Crippen LogP contribution in [0.2, 0.25) is 5.02 Å². The molecule has 2 amide bonds. The number of sulfonamides is 1. The van der Waals surface area contributed by atoms with Crippen molar-refractivity contribution in [3.63, 3.8) is 0 Å². The lowest BCUT2D eigenvalue weighted by molar-refractivity contribution is -0.140. The van der Waals surface area contributed by atoms with Gasteiger partial charge in [-0.3, -0.25) is 13.9 Å². The summed E-state index contributed by atoms with van der Waals surface area (Å²) in [7, 11) is -2.58. The van der Waals surface area contributed by atoms with Gasteiger partial charge in [-0.05, 0) is 73.9 Å². The van der Waals surface area contributed by atoms with Crippen LogP contribution in [-0.4, -0.2) is 50.9 Å². The van der Waals surface area contributed by atoms with Crippen molar-refractivity contribution in [2.24, 2.45) is 0 Å². The van der Waals surface area contributed by atoms with Crippen LogP contribution < -0.4 is 14.4 Å². The molecule has 0 radical (unpaired) electrons. The Labute approximate surface area is 241 Å². The molecular weight excluding hydrogens is 550 g/mol. The molecule has 214 valence electrons. The number of amides is 2. The number of hydrogen-bond acceptors (Lipinski definition) is 5. The van der Waals surface area contributed by atoms with Gasteiger partial charge in [-0.15, -0.1) is 0 Å². The van der Waals surface area contributed by atoms with E-state index >= 15 is 0 Å². The second kappa shape index (κ2) is 14.2. The van der Waals surface area contributed by atoms with Crippen molar-refractivity contribution in [2.45, 2.75) is 57.1 Å². The smallest absolute Gasteiger partial charge is 0.264 e. The number of carbonyl (C=O) groups is 2. The Morgan fingerprint density at radius 2 is 1.55 bits per heavy atom. The first-order chi connectivity index (χ1) is 19.1. The summed E-state index contributed by atoms with van der Waals surface area (Å²) in [6.07, 6.45) is 1.08. The summed E-state index contributed by atoms with van der Waals surface area (Å²) in [4.78, 5) is 28.8. The minimum atomic E-state index is -4.15. The molecule has 0 aromatic heterocycles. The summed E-state index contributed by atoms with van der Waals surface area (Å²) in [6, 6.07) is 20.5. The molecule has 0 saturated carbocycles. The summed E-state index contributed by atoms with van der Waals surface area (Å²) in [6.45, 7) is 5.30. The standard InChI is InChI=1S/C30H36ClN3O5S/c1-5-22(3)32-30(36)28(6-2)33(20-23-12-16-26(39-4)17-13-23)29(35)21-34(25-10-8-7-9-11-25)40(37,38)27-18-14-24(31)15-19-27/h7-19,22,28H,5-6,20-21H2,1-4H3,(H,32,36)/t22-,28-/m1/s1. The maximum absolute atomic E-state index is 14.0. The van der Waals surface area contributed by atoms with Gasteiger partial charge >= 0.3 is 0 Å². The number of halogens is 1. The Balaban J connectivity index is 2.02. The molecule has 3 aromatic rings. The van der Waals surface area contributed by atoms with Crippen molar-refractivity contribution in [1.29, 1.82) is 0 Å². The minimum absolute atomic E-state index is 0.00295. The summed E-state index contributed by atoms with van der Waals surface area (Å²) >= 11 is 5.99. The summed E-state index contributed by atoms with van der Waals surface area (Å²) in [5.74, 6) is -0.138. The van der Waals surface area contributed by atoms with Crippen LogP contribution in [0.3, 0.4) is 0 Å². The number of carbonyl (C=O) groups excluding carboxylic acids is 2. The van der Waals surface area contributed by atoms with E-state index in [2.05, 4.69) is 5.32 Å². The molecule has 40 heavy (non-hydrogen) atoms. The zero-order valence-electron chi connectivity index (χ0n) is 23.2. The van der Waals surface area contributed by atoms with Crippen molar-refractivity contribution in [3.8, 4) is 5.75 Å². The SMILES string of the molecule is CC[C@@H](C)NC(=O)[C@@H](CC)N(Cc1ccc(OC)cc1)C(=O)CN(c1ccccc1)S(=O)(=O)c1ccc(Cl)cc1. The number of methoxy groups -OCH3 is 1. The topological polar surface area (TPSA) is 96.0 Å². The van der Waals surface area contributed by atoms with Crippen LogP contribution in [0, 0.1) is 0 Å². The molecule has 1 N–H and O–H groups in total. The fraction of sp³-hybridized carbons (Fsp3) is 0.333. The second-order valence-corrected chi connectivity index (χ2v) is 11.7. The average molecular weight is 586 g/mol. The van der Waals surface area contributed by atoms with E-state index in [0.717, 1.165) is 16.3 Å². The maximum atomic E-state index is 14.0. The van der Waals surface area contributed by atoms with E-state index in [-0.39, 0.29) is 23.4 Å². The number of rotatable bonds is 13. The van der Waals surface area contributed by atoms with Gasteiger partial charge in [0.05, 0.1) is 17.7 Å². The predicted octanol–water partition coefficient (Wildman–Crippen LogP) is 5.27. The predicted molar refractivity (Wildman–Crippen MR) is 158 cm³/mol. The number of para-hydroxylation sites is 1. The van der Waals surface area contributed by atoms with Gasteiger partial charge < -0.3 is 15.0 Å². The number of nitrogens with one attached hydrogen (secondary N) is 1. The molecule has 0 unspecified atom stereocenters. The first kappa shape index (κ1) is 31.0. The van der Waals surface area contributed by atoms with Crippen LogP contribution in [0.5, 0.6) is 5.75 Å².